The highest BCUT2D eigenvalue weighted by atomic mass is 79.9. The van der Waals surface area contributed by atoms with Crippen LogP contribution in [0, 0.1) is 6.92 Å². The molecule has 6 heteroatoms. The number of carbonyl (C=O) groups is 2. The maximum atomic E-state index is 12.0. The highest BCUT2D eigenvalue weighted by Gasteiger charge is 2.20. The van der Waals surface area contributed by atoms with E-state index in [-0.39, 0.29) is 5.91 Å². The third-order valence-corrected chi connectivity index (χ3v) is 4.17. The molecular weight excluding hydrogens is 330 g/mol. The first-order valence-electron chi connectivity index (χ1n) is 5.74. The van der Waals surface area contributed by atoms with Crippen LogP contribution < -0.4 is 5.32 Å². The number of carbonyl (C=O) groups excluding carboxylic acids is 1. The minimum absolute atomic E-state index is 0.357. The summed E-state index contributed by atoms with van der Waals surface area (Å²) >= 11 is 4.91. The van der Waals surface area contributed by atoms with Crippen LogP contribution in [0.15, 0.2) is 22.7 Å². The summed E-state index contributed by atoms with van der Waals surface area (Å²) in [6.07, 6.45) is 2.32. The molecule has 0 heterocycles. The lowest BCUT2D eigenvalue weighted by molar-refractivity contribution is -0.139. The van der Waals surface area contributed by atoms with Crippen molar-refractivity contribution < 1.29 is 14.7 Å². The van der Waals surface area contributed by atoms with Crippen LogP contribution in [0.4, 0.5) is 0 Å². The zero-order valence-corrected chi connectivity index (χ0v) is 13.2. The maximum Gasteiger partial charge on any atom is 0.326 e. The Kier molecular flexibility index (Phi) is 6.37. The molecule has 0 bridgehead atoms. The fourth-order valence-corrected chi connectivity index (χ4v) is 2.24. The van der Waals surface area contributed by atoms with Crippen molar-refractivity contribution in [3.63, 3.8) is 0 Å². The molecule has 1 amide bonds. The average Bonchev–Trinajstić information content (AvgIpc) is 2.37. The molecule has 0 saturated heterocycles. The summed E-state index contributed by atoms with van der Waals surface area (Å²) < 4.78 is 0.918. The Morgan fingerprint density at radius 3 is 2.68 bits per heavy atom. The predicted molar refractivity (Wildman–Crippen MR) is 80.8 cm³/mol. The Hall–Kier alpha value is -1.01. The molecule has 0 radical (unpaired) electrons. The summed E-state index contributed by atoms with van der Waals surface area (Å²) in [6.45, 7) is 1.88. The van der Waals surface area contributed by atoms with Crippen LogP contribution in [-0.2, 0) is 4.79 Å². The normalized spacial score (nSPS) is 11.9. The highest BCUT2D eigenvalue weighted by Crippen LogP contribution is 2.17. The summed E-state index contributed by atoms with van der Waals surface area (Å²) in [5.41, 5.74) is 1.40. The molecule has 1 aromatic rings. The fourth-order valence-electron chi connectivity index (χ4n) is 1.52. The minimum Gasteiger partial charge on any atom is -0.480 e. The number of carboxylic acid groups (broad SMARTS) is 1. The Balaban J connectivity index is 2.75. The smallest absolute Gasteiger partial charge is 0.326 e. The number of thioether (sulfide) groups is 1. The van der Waals surface area contributed by atoms with Crippen LogP contribution in [0.25, 0.3) is 0 Å². The number of nitrogens with one attached hydrogen (secondary N) is 1. The molecular formula is C13H16BrNO3S. The van der Waals surface area contributed by atoms with Crippen molar-refractivity contribution in [2.75, 3.05) is 12.0 Å². The third kappa shape index (κ3) is 4.87. The van der Waals surface area contributed by atoms with Gasteiger partial charge in [0.15, 0.2) is 0 Å². The Morgan fingerprint density at radius 1 is 1.47 bits per heavy atom. The highest BCUT2D eigenvalue weighted by molar-refractivity contribution is 9.10. The number of aryl methyl sites for hydroxylation is 1. The van der Waals surface area contributed by atoms with Crippen molar-refractivity contribution in [3.8, 4) is 0 Å². The average molecular weight is 346 g/mol. The maximum absolute atomic E-state index is 12.0. The van der Waals surface area contributed by atoms with E-state index in [4.69, 9.17) is 5.11 Å². The van der Waals surface area contributed by atoms with Gasteiger partial charge in [0.05, 0.1) is 0 Å². The number of hydrogen-bond donors (Lipinski definition) is 2. The molecule has 0 unspecified atom stereocenters. The number of aliphatic carboxylic acids is 1. The molecule has 1 aromatic carbocycles. The van der Waals surface area contributed by atoms with E-state index in [9.17, 15) is 9.59 Å². The number of amides is 1. The second-order valence-corrected chi connectivity index (χ2v) is 5.95. The van der Waals surface area contributed by atoms with E-state index >= 15 is 0 Å². The van der Waals surface area contributed by atoms with E-state index in [2.05, 4.69) is 21.2 Å². The van der Waals surface area contributed by atoms with Crippen molar-refractivity contribution in [3.05, 3.63) is 33.8 Å². The van der Waals surface area contributed by atoms with Crippen molar-refractivity contribution in [1.29, 1.82) is 0 Å². The molecule has 1 atom stereocenters. The molecule has 0 saturated carbocycles. The van der Waals surface area contributed by atoms with Crippen LogP contribution in [0.3, 0.4) is 0 Å². The monoisotopic (exact) mass is 345 g/mol. The van der Waals surface area contributed by atoms with Gasteiger partial charge in [-0.05, 0) is 49.1 Å². The van der Waals surface area contributed by atoms with Gasteiger partial charge < -0.3 is 10.4 Å². The van der Waals surface area contributed by atoms with Crippen LogP contribution in [-0.4, -0.2) is 35.0 Å². The lowest BCUT2D eigenvalue weighted by atomic mass is 10.1. The van der Waals surface area contributed by atoms with Gasteiger partial charge in [0.25, 0.3) is 5.91 Å². The first kappa shape index (κ1) is 16.0. The SMILES string of the molecule is CSCC[C@@H](NC(=O)c1ccc(Br)c(C)c1)C(=O)O. The molecule has 2 N–H and O–H groups in total. The molecule has 1 rings (SSSR count). The van der Waals surface area contributed by atoms with Gasteiger partial charge in [0.1, 0.15) is 6.04 Å². The van der Waals surface area contributed by atoms with E-state index in [1.165, 1.54) is 0 Å². The largest absolute Gasteiger partial charge is 0.480 e. The van der Waals surface area contributed by atoms with Crippen LogP contribution in [0.1, 0.15) is 22.3 Å². The fraction of sp³-hybridized carbons (Fsp3) is 0.385. The standard InChI is InChI=1S/C13H16BrNO3S/c1-8-7-9(3-4-10(8)14)12(16)15-11(13(17)18)5-6-19-2/h3-4,7,11H,5-6H2,1-2H3,(H,15,16)(H,17,18)/t11-/m1/s1. The summed E-state index contributed by atoms with van der Waals surface area (Å²) in [7, 11) is 0. The van der Waals surface area contributed by atoms with E-state index in [1.54, 1.807) is 30.0 Å². The van der Waals surface area contributed by atoms with Crippen molar-refractivity contribution in [2.24, 2.45) is 0 Å². The third-order valence-electron chi connectivity index (χ3n) is 2.63. The van der Waals surface area contributed by atoms with Gasteiger partial charge >= 0.3 is 5.97 Å². The van der Waals surface area contributed by atoms with Gasteiger partial charge in [-0.3, -0.25) is 4.79 Å². The first-order chi connectivity index (χ1) is 8.95. The molecule has 4 nitrogen and oxygen atoms in total. The summed E-state index contributed by atoms with van der Waals surface area (Å²) in [4.78, 5) is 23.1. The van der Waals surface area contributed by atoms with Crippen molar-refractivity contribution in [2.45, 2.75) is 19.4 Å². The number of halogens is 1. The van der Waals surface area contributed by atoms with Gasteiger partial charge in [-0.2, -0.15) is 11.8 Å². The Morgan fingerprint density at radius 2 is 2.16 bits per heavy atom. The molecule has 0 aliphatic heterocycles. The Labute approximate surface area is 125 Å². The summed E-state index contributed by atoms with van der Waals surface area (Å²) in [6, 6.07) is 4.33. The summed E-state index contributed by atoms with van der Waals surface area (Å²) in [5.74, 6) is -0.670. The Bertz CT molecular complexity index is 479. The number of rotatable bonds is 6. The number of carboxylic acids is 1. The van der Waals surface area contributed by atoms with E-state index in [1.807, 2.05) is 13.2 Å². The predicted octanol–water partition coefficient (Wildman–Crippen LogP) is 2.69. The van der Waals surface area contributed by atoms with Crippen molar-refractivity contribution in [1.82, 2.24) is 5.32 Å². The zero-order valence-electron chi connectivity index (χ0n) is 10.8. The van der Waals surface area contributed by atoms with Crippen LogP contribution in [0.2, 0.25) is 0 Å². The van der Waals surface area contributed by atoms with Gasteiger partial charge in [-0.1, -0.05) is 15.9 Å². The topological polar surface area (TPSA) is 66.4 Å². The quantitative estimate of drug-likeness (QED) is 0.831. The van der Waals surface area contributed by atoms with Crippen LogP contribution >= 0.6 is 27.7 Å². The van der Waals surface area contributed by atoms with E-state index in [0.29, 0.717) is 17.7 Å². The van der Waals surface area contributed by atoms with Gasteiger partial charge in [0.2, 0.25) is 0 Å². The number of benzene rings is 1. The van der Waals surface area contributed by atoms with Gasteiger partial charge in [0, 0.05) is 10.0 Å². The summed E-state index contributed by atoms with van der Waals surface area (Å²) in [5, 5.41) is 11.6. The van der Waals surface area contributed by atoms with E-state index < -0.39 is 12.0 Å². The lowest BCUT2D eigenvalue weighted by Crippen LogP contribution is -2.41. The molecule has 0 aliphatic rings. The molecule has 104 valence electrons. The lowest BCUT2D eigenvalue weighted by Gasteiger charge is -2.14. The molecule has 19 heavy (non-hydrogen) atoms. The molecule has 0 fully saturated rings. The molecule has 0 aromatic heterocycles. The second-order valence-electron chi connectivity index (χ2n) is 4.11. The zero-order chi connectivity index (χ0) is 14.4. The molecule has 0 aliphatic carbocycles. The van der Waals surface area contributed by atoms with Crippen molar-refractivity contribution >= 4 is 39.6 Å². The van der Waals surface area contributed by atoms with Gasteiger partial charge in [-0.15, -0.1) is 0 Å². The minimum atomic E-state index is -1.00. The first-order valence-corrected chi connectivity index (χ1v) is 7.93. The molecule has 0 spiro atoms. The number of hydrogen-bond acceptors (Lipinski definition) is 3. The van der Waals surface area contributed by atoms with E-state index in [0.717, 1.165) is 10.0 Å². The van der Waals surface area contributed by atoms with Crippen LogP contribution in [0.5, 0.6) is 0 Å². The second kappa shape index (κ2) is 7.55. The van der Waals surface area contributed by atoms with Gasteiger partial charge in [-0.25, -0.2) is 4.79 Å².